The Labute approximate surface area is 153 Å². The topological polar surface area (TPSA) is 119 Å². The van der Waals surface area contributed by atoms with Gasteiger partial charge in [-0.25, -0.2) is 15.2 Å². The number of hydrogen-bond acceptors (Lipinski definition) is 7. The minimum atomic E-state index is -0.761. The van der Waals surface area contributed by atoms with Crippen molar-refractivity contribution in [3.05, 3.63) is 34.6 Å². The van der Waals surface area contributed by atoms with Crippen molar-refractivity contribution in [2.45, 2.75) is 54.1 Å². The normalized spacial score (nSPS) is 9.81. The molecule has 2 heterocycles. The summed E-state index contributed by atoms with van der Waals surface area (Å²) in [6.45, 7) is 13.1. The van der Waals surface area contributed by atoms with Crippen LogP contribution in [0.15, 0.2) is 24.5 Å². The van der Waals surface area contributed by atoms with Crippen LogP contribution in [0.1, 0.15) is 48.5 Å². The van der Waals surface area contributed by atoms with Crippen molar-refractivity contribution in [2.75, 3.05) is 5.43 Å². The number of carbonyl (C=O) groups is 1. The van der Waals surface area contributed by atoms with Crippen LogP contribution in [0.4, 0.5) is 16.2 Å². The highest BCUT2D eigenvalue weighted by atomic mass is 16.6. The van der Waals surface area contributed by atoms with Gasteiger partial charge in [-0.1, -0.05) is 27.7 Å². The van der Waals surface area contributed by atoms with Gasteiger partial charge in [0.2, 0.25) is 0 Å². The number of rotatable bonds is 3. The third-order valence-corrected chi connectivity index (χ3v) is 2.49. The van der Waals surface area contributed by atoms with Crippen molar-refractivity contribution >= 4 is 28.5 Å². The van der Waals surface area contributed by atoms with E-state index >= 15 is 0 Å². The molecule has 9 heteroatoms. The maximum atomic E-state index is 11.6. The molecule has 0 bridgehead atoms. The molecule has 0 aromatic carbocycles. The molecule has 0 saturated heterocycles. The van der Waals surface area contributed by atoms with Gasteiger partial charge in [-0.3, -0.25) is 20.5 Å². The monoisotopic (exact) mass is 365 g/mol. The second-order valence-electron chi connectivity index (χ2n) is 5.40. The van der Waals surface area contributed by atoms with Crippen LogP contribution in [-0.4, -0.2) is 26.6 Å². The third kappa shape index (κ3) is 6.88. The lowest BCUT2D eigenvalue weighted by Gasteiger charge is -2.20. The van der Waals surface area contributed by atoms with Crippen molar-refractivity contribution in [1.82, 2.24) is 15.4 Å². The van der Waals surface area contributed by atoms with E-state index in [2.05, 4.69) is 20.8 Å². The van der Waals surface area contributed by atoms with Crippen LogP contribution in [0.2, 0.25) is 0 Å². The molecule has 0 radical (unpaired) electrons. The fourth-order valence-electron chi connectivity index (χ4n) is 1.69. The number of amides is 1. The first-order valence-corrected chi connectivity index (χ1v) is 8.41. The molecule has 2 N–H and O–H groups in total. The molecule has 2 aromatic heterocycles. The average Bonchev–Trinajstić information content (AvgIpc) is 2.61. The Morgan fingerprint density at radius 2 is 1.81 bits per heavy atom. The number of hydrogen-bond donors (Lipinski definition) is 2. The number of nitro groups is 1. The SMILES string of the molecule is CC.CC.CC(C)(C)OC(=O)NNc1c([N+](=O)[O-])cnc2cccnc12. The van der Waals surface area contributed by atoms with E-state index in [0.717, 1.165) is 6.20 Å². The zero-order chi connectivity index (χ0) is 20.3. The molecule has 0 aliphatic carbocycles. The van der Waals surface area contributed by atoms with E-state index in [4.69, 9.17) is 4.74 Å². The molecule has 26 heavy (non-hydrogen) atoms. The van der Waals surface area contributed by atoms with Crippen LogP contribution < -0.4 is 10.9 Å². The van der Waals surface area contributed by atoms with Crippen LogP contribution >= 0.6 is 0 Å². The van der Waals surface area contributed by atoms with Crippen LogP contribution in [0.3, 0.4) is 0 Å². The number of carbonyl (C=O) groups excluding carboxylic acids is 1. The van der Waals surface area contributed by atoms with Crippen LogP contribution in [0.25, 0.3) is 11.0 Å². The summed E-state index contributed by atoms with van der Waals surface area (Å²) in [6.07, 6.45) is 1.82. The van der Waals surface area contributed by atoms with Gasteiger partial charge < -0.3 is 4.74 Å². The molecule has 0 saturated carbocycles. The molecule has 0 aliphatic heterocycles. The first-order chi connectivity index (χ1) is 12.3. The highest BCUT2D eigenvalue weighted by Crippen LogP contribution is 2.29. The summed E-state index contributed by atoms with van der Waals surface area (Å²) >= 11 is 0. The molecular formula is C17H27N5O4. The first-order valence-electron chi connectivity index (χ1n) is 8.41. The number of nitrogens with one attached hydrogen (secondary N) is 2. The highest BCUT2D eigenvalue weighted by Gasteiger charge is 2.21. The predicted molar refractivity (Wildman–Crippen MR) is 102 cm³/mol. The fraction of sp³-hybridized carbons (Fsp3) is 0.471. The summed E-state index contributed by atoms with van der Waals surface area (Å²) in [4.78, 5) is 30.1. The zero-order valence-electron chi connectivity index (χ0n) is 16.3. The van der Waals surface area contributed by atoms with Gasteiger partial charge in [0, 0.05) is 6.20 Å². The molecule has 9 nitrogen and oxygen atoms in total. The van der Waals surface area contributed by atoms with Gasteiger partial charge in [0.05, 0.1) is 10.4 Å². The Morgan fingerprint density at radius 3 is 2.35 bits per heavy atom. The lowest BCUT2D eigenvalue weighted by atomic mass is 10.2. The Balaban J connectivity index is 0.00000146. The summed E-state index contributed by atoms with van der Waals surface area (Å²) < 4.78 is 5.05. The van der Waals surface area contributed by atoms with E-state index in [-0.39, 0.29) is 16.9 Å². The van der Waals surface area contributed by atoms with E-state index in [0.29, 0.717) is 5.52 Å². The number of fused-ring (bicyclic) bond motifs is 1. The number of ether oxygens (including phenoxy) is 1. The minimum absolute atomic E-state index is 0.0430. The fourth-order valence-corrected chi connectivity index (χ4v) is 1.69. The predicted octanol–water partition coefficient (Wildman–Crippen LogP) is 4.44. The number of pyridine rings is 2. The molecule has 0 unspecified atom stereocenters. The molecule has 1 amide bonds. The molecule has 2 aromatic rings. The van der Waals surface area contributed by atoms with E-state index in [1.165, 1.54) is 6.20 Å². The summed E-state index contributed by atoms with van der Waals surface area (Å²) in [6, 6.07) is 3.32. The number of anilines is 1. The van der Waals surface area contributed by atoms with Gasteiger partial charge in [0.15, 0.2) is 5.69 Å². The maximum absolute atomic E-state index is 11.6. The Hall–Kier alpha value is -2.97. The number of hydrazine groups is 1. The van der Waals surface area contributed by atoms with Crippen molar-refractivity contribution in [1.29, 1.82) is 0 Å². The summed E-state index contributed by atoms with van der Waals surface area (Å²) in [7, 11) is 0. The minimum Gasteiger partial charge on any atom is -0.443 e. The molecule has 0 atom stereocenters. The second kappa shape index (κ2) is 10.8. The van der Waals surface area contributed by atoms with Crippen LogP contribution in [-0.2, 0) is 4.74 Å². The van der Waals surface area contributed by atoms with Gasteiger partial charge in [-0.05, 0) is 32.9 Å². The maximum Gasteiger partial charge on any atom is 0.426 e. The van der Waals surface area contributed by atoms with Gasteiger partial charge in [0.25, 0.3) is 0 Å². The van der Waals surface area contributed by atoms with Crippen molar-refractivity contribution in [3.63, 3.8) is 0 Å². The summed E-state index contributed by atoms with van der Waals surface area (Å²) in [5, 5.41) is 11.1. The zero-order valence-corrected chi connectivity index (χ0v) is 16.3. The lowest BCUT2D eigenvalue weighted by Crippen LogP contribution is -2.36. The van der Waals surface area contributed by atoms with Crippen molar-refractivity contribution < 1.29 is 14.5 Å². The van der Waals surface area contributed by atoms with E-state index in [1.54, 1.807) is 32.9 Å². The molecule has 2 rings (SSSR count). The number of nitrogens with zero attached hydrogens (tertiary/aromatic N) is 3. The van der Waals surface area contributed by atoms with Gasteiger partial charge in [-0.2, -0.15) is 0 Å². The molecule has 144 valence electrons. The van der Waals surface area contributed by atoms with Crippen molar-refractivity contribution in [3.8, 4) is 0 Å². The van der Waals surface area contributed by atoms with Crippen molar-refractivity contribution in [2.24, 2.45) is 0 Å². The third-order valence-electron chi connectivity index (χ3n) is 2.49. The van der Waals surface area contributed by atoms with Gasteiger partial charge in [-0.15, -0.1) is 0 Å². The van der Waals surface area contributed by atoms with Crippen LogP contribution in [0.5, 0.6) is 0 Å². The Kier molecular flexibility index (Phi) is 9.57. The largest absolute Gasteiger partial charge is 0.443 e. The Morgan fingerprint density at radius 1 is 1.19 bits per heavy atom. The van der Waals surface area contributed by atoms with E-state index in [1.807, 2.05) is 27.7 Å². The number of aromatic nitrogens is 2. The quantitative estimate of drug-likeness (QED) is 0.609. The molecular weight excluding hydrogens is 338 g/mol. The summed E-state index contributed by atoms with van der Waals surface area (Å²) in [5.41, 5.74) is 4.54. The Bertz CT molecular complexity index is 729. The van der Waals surface area contributed by atoms with E-state index in [9.17, 15) is 14.9 Å². The van der Waals surface area contributed by atoms with Crippen LogP contribution in [0, 0.1) is 10.1 Å². The van der Waals surface area contributed by atoms with Gasteiger partial charge >= 0.3 is 11.8 Å². The second-order valence-corrected chi connectivity index (χ2v) is 5.40. The lowest BCUT2D eigenvalue weighted by molar-refractivity contribution is -0.384. The molecule has 0 aliphatic rings. The smallest absolute Gasteiger partial charge is 0.426 e. The standard InChI is InChI=1S/C13H15N5O4.2C2H6/c1-13(2,3)22-12(19)17-16-11-9(18(20)21)7-15-8-5-4-6-14-10(8)11;2*1-2/h4-7H,1-3H3,(H,15,16)(H,17,19);2*1-2H3. The highest BCUT2D eigenvalue weighted by molar-refractivity contribution is 5.92. The average molecular weight is 365 g/mol. The molecule has 0 spiro atoms. The van der Waals surface area contributed by atoms with E-state index < -0.39 is 16.6 Å². The summed E-state index contributed by atoms with van der Waals surface area (Å²) in [5.74, 6) is 0. The van der Waals surface area contributed by atoms with Gasteiger partial charge in [0.1, 0.15) is 17.3 Å². The first kappa shape index (κ1) is 23.0. The molecule has 0 fully saturated rings.